The van der Waals surface area contributed by atoms with Crippen molar-refractivity contribution in [3.05, 3.63) is 38.9 Å². The lowest BCUT2D eigenvalue weighted by Gasteiger charge is -2.31. The van der Waals surface area contributed by atoms with Gasteiger partial charge >= 0.3 is 5.97 Å². The van der Waals surface area contributed by atoms with E-state index < -0.39 is 16.3 Å². The van der Waals surface area contributed by atoms with E-state index in [0.717, 1.165) is 0 Å². The van der Waals surface area contributed by atoms with Gasteiger partial charge in [-0.1, -0.05) is 24.1 Å². The number of nitro benzene ring substituents is 1. The summed E-state index contributed by atoms with van der Waals surface area (Å²) in [7, 11) is 0. The average molecular weight is 312 g/mol. The SMILES string of the molecule is O=C(O)C1(Cc2c(Cl)cccc2[N+](=O)[O-])CCCCC1=O. The summed E-state index contributed by atoms with van der Waals surface area (Å²) in [6.07, 6.45) is 1.39. The van der Waals surface area contributed by atoms with E-state index in [1.54, 1.807) is 0 Å². The predicted octanol–water partition coefficient (Wildman–Crippen LogP) is 3.00. The van der Waals surface area contributed by atoms with E-state index in [9.17, 15) is 24.8 Å². The number of ketones is 1. The van der Waals surface area contributed by atoms with Crippen molar-refractivity contribution in [2.45, 2.75) is 32.1 Å². The van der Waals surface area contributed by atoms with E-state index in [2.05, 4.69) is 0 Å². The number of nitro groups is 1. The number of carboxylic acids is 1. The van der Waals surface area contributed by atoms with E-state index in [-0.39, 0.29) is 41.3 Å². The highest BCUT2D eigenvalue weighted by Gasteiger charge is 2.48. The molecule has 0 heterocycles. The van der Waals surface area contributed by atoms with Crippen LogP contribution in [0.5, 0.6) is 0 Å². The number of benzene rings is 1. The molecule has 1 saturated carbocycles. The normalized spacial score (nSPS) is 22.0. The molecule has 2 rings (SSSR count). The molecule has 0 amide bonds. The third kappa shape index (κ3) is 2.76. The highest BCUT2D eigenvalue weighted by molar-refractivity contribution is 6.31. The Morgan fingerprint density at radius 1 is 1.43 bits per heavy atom. The Morgan fingerprint density at radius 2 is 2.14 bits per heavy atom. The first-order chi connectivity index (χ1) is 9.88. The van der Waals surface area contributed by atoms with Crippen LogP contribution in [0.15, 0.2) is 18.2 Å². The maximum atomic E-state index is 12.2. The summed E-state index contributed by atoms with van der Waals surface area (Å²) in [5.74, 6) is -1.61. The topological polar surface area (TPSA) is 97.5 Å². The summed E-state index contributed by atoms with van der Waals surface area (Å²) in [4.78, 5) is 34.3. The second-order valence-corrected chi connectivity index (χ2v) is 5.60. The van der Waals surface area contributed by atoms with Gasteiger partial charge in [0.1, 0.15) is 5.41 Å². The summed E-state index contributed by atoms with van der Waals surface area (Å²) in [5, 5.41) is 20.7. The fourth-order valence-corrected chi connectivity index (χ4v) is 3.01. The van der Waals surface area contributed by atoms with E-state index in [1.165, 1.54) is 18.2 Å². The van der Waals surface area contributed by atoms with Crippen molar-refractivity contribution < 1.29 is 19.6 Å². The minimum Gasteiger partial charge on any atom is -0.480 e. The van der Waals surface area contributed by atoms with Crippen LogP contribution in [0, 0.1) is 15.5 Å². The molecule has 112 valence electrons. The highest BCUT2D eigenvalue weighted by atomic mass is 35.5. The minimum atomic E-state index is -1.60. The quantitative estimate of drug-likeness (QED) is 0.523. The molecule has 1 N–H and O–H groups in total. The Bertz CT molecular complexity index is 615. The number of rotatable bonds is 4. The number of nitrogens with zero attached hydrogens (tertiary/aromatic N) is 1. The maximum Gasteiger partial charge on any atom is 0.317 e. The number of hydrogen-bond acceptors (Lipinski definition) is 4. The van der Waals surface area contributed by atoms with Crippen molar-refractivity contribution in [1.82, 2.24) is 0 Å². The van der Waals surface area contributed by atoms with Crippen LogP contribution in [0.4, 0.5) is 5.69 Å². The fourth-order valence-electron chi connectivity index (χ4n) is 2.77. The summed E-state index contributed by atoms with van der Waals surface area (Å²) >= 11 is 6.00. The Balaban J connectivity index is 2.50. The predicted molar refractivity (Wildman–Crippen MR) is 75.4 cm³/mol. The van der Waals surface area contributed by atoms with E-state index in [4.69, 9.17) is 11.6 Å². The average Bonchev–Trinajstić information content (AvgIpc) is 2.42. The smallest absolute Gasteiger partial charge is 0.317 e. The Kier molecular flexibility index (Phi) is 4.27. The Morgan fingerprint density at radius 3 is 2.71 bits per heavy atom. The van der Waals surface area contributed by atoms with Gasteiger partial charge in [0.25, 0.3) is 5.69 Å². The van der Waals surface area contributed by atoms with E-state index >= 15 is 0 Å². The van der Waals surface area contributed by atoms with Crippen molar-refractivity contribution in [2.75, 3.05) is 0 Å². The lowest BCUT2D eigenvalue weighted by Crippen LogP contribution is -2.43. The molecule has 0 aromatic heterocycles. The summed E-state index contributed by atoms with van der Waals surface area (Å²) < 4.78 is 0. The van der Waals surface area contributed by atoms with Gasteiger partial charge in [-0.05, 0) is 18.9 Å². The number of Topliss-reactive ketones (excluding diaryl/α,β-unsaturated/α-hetero) is 1. The molecule has 6 nitrogen and oxygen atoms in total. The van der Waals surface area contributed by atoms with Gasteiger partial charge in [0.05, 0.1) is 9.95 Å². The van der Waals surface area contributed by atoms with Gasteiger partial charge in [0.2, 0.25) is 0 Å². The summed E-state index contributed by atoms with van der Waals surface area (Å²) in [6, 6.07) is 4.16. The number of carbonyl (C=O) groups excluding carboxylic acids is 1. The van der Waals surface area contributed by atoms with Gasteiger partial charge in [-0.25, -0.2) is 0 Å². The molecule has 7 heteroatoms. The van der Waals surface area contributed by atoms with Crippen LogP contribution in [0.1, 0.15) is 31.2 Å². The van der Waals surface area contributed by atoms with Crippen molar-refractivity contribution >= 4 is 29.0 Å². The zero-order valence-electron chi connectivity index (χ0n) is 11.2. The third-order valence-corrected chi connectivity index (χ3v) is 4.32. The molecule has 1 aromatic rings. The van der Waals surface area contributed by atoms with Crippen LogP contribution in [0.2, 0.25) is 5.02 Å². The van der Waals surface area contributed by atoms with Gasteiger partial charge in [-0.15, -0.1) is 0 Å². The molecular weight excluding hydrogens is 298 g/mol. The van der Waals surface area contributed by atoms with Gasteiger partial charge in [-0.3, -0.25) is 19.7 Å². The van der Waals surface area contributed by atoms with Crippen LogP contribution in [-0.2, 0) is 16.0 Å². The monoisotopic (exact) mass is 311 g/mol. The second kappa shape index (κ2) is 5.81. The highest BCUT2D eigenvalue weighted by Crippen LogP contribution is 2.40. The lowest BCUT2D eigenvalue weighted by atomic mass is 9.69. The molecule has 0 bridgehead atoms. The number of halogens is 1. The molecule has 0 aliphatic heterocycles. The molecule has 0 saturated heterocycles. The standard InChI is InChI=1S/C14H14ClNO5/c15-10-4-3-5-11(16(20)21)9(10)8-14(13(18)19)7-2-1-6-12(14)17/h3-5H,1-2,6-8H2,(H,18,19). The van der Waals surface area contributed by atoms with E-state index in [0.29, 0.717) is 12.8 Å². The molecule has 21 heavy (non-hydrogen) atoms. The summed E-state index contributed by atoms with van der Waals surface area (Å²) in [5.41, 5.74) is -1.74. The summed E-state index contributed by atoms with van der Waals surface area (Å²) in [6.45, 7) is 0. The minimum absolute atomic E-state index is 0.113. The molecule has 1 aromatic carbocycles. The molecule has 1 unspecified atom stereocenters. The fraction of sp³-hybridized carbons (Fsp3) is 0.429. The number of carbonyl (C=O) groups is 2. The molecular formula is C14H14ClNO5. The molecule has 1 aliphatic rings. The van der Waals surface area contributed by atoms with E-state index in [1.807, 2.05) is 0 Å². The van der Waals surface area contributed by atoms with Crippen molar-refractivity contribution in [1.29, 1.82) is 0 Å². The second-order valence-electron chi connectivity index (χ2n) is 5.19. The Hall–Kier alpha value is -1.95. The van der Waals surface area contributed by atoms with Gasteiger partial charge < -0.3 is 5.11 Å². The van der Waals surface area contributed by atoms with Crippen molar-refractivity contribution in [3.8, 4) is 0 Å². The largest absolute Gasteiger partial charge is 0.480 e. The van der Waals surface area contributed by atoms with Crippen LogP contribution in [0.25, 0.3) is 0 Å². The Labute approximate surface area is 125 Å². The zero-order chi connectivity index (χ0) is 15.6. The van der Waals surface area contributed by atoms with Gasteiger partial charge in [0, 0.05) is 24.5 Å². The molecule has 1 fully saturated rings. The molecule has 0 spiro atoms. The van der Waals surface area contributed by atoms with Gasteiger partial charge in [-0.2, -0.15) is 0 Å². The van der Waals surface area contributed by atoms with Crippen molar-refractivity contribution in [3.63, 3.8) is 0 Å². The first-order valence-corrected chi connectivity index (χ1v) is 6.95. The number of carboxylic acid groups (broad SMARTS) is 1. The first kappa shape index (κ1) is 15.4. The first-order valence-electron chi connectivity index (χ1n) is 6.57. The lowest BCUT2D eigenvalue weighted by molar-refractivity contribution is -0.385. The van der Waals surface area contributed by atoms with Crippen molar-refractivity contribution in [2.24, 2.45) is 5.41 Å². The molecule has 0 radical (unpaired) electrons. The maximum absolute atomic E-state index is 12.2. The van der Waals surface area contributed by atoms with Crippen LogP contribution < -0.4 is 0 Å². The van der Waals surface area contributed by atoms with Crippen LogP contribution >= 0.6 is 11.6 Å². The number of hydrogen-bond donors (Lipinski definition) is 1. The molecule has 1 atom stereocenters. The van der Waals surface area contributed by atoms with Crippen LogP contribution in [0.3, 0.4) is 0 Å². The van der Waals surface area contributed by atoms with Crippen LogP contribution in [-0.4, -0.2) is 21.8 Å². The van der Waals surface area contributed by atoms with Gasteiger partial charge in [0.15, 0.2) is 5.78 Å². The third-order valence-electron chi connectivity index (χ3n) is 3.97. The number of aliphatic carboxylic acids is 1. The molecule has 1 aliphatic carbocycles. The zero-order valence-corrected chi connectivity index (χ0v) is 11.9.